The van der Waals surface area contributed by atoms with Gasteiger partial charge in [-0.15, -0.1) is 0 Å². The summed E-state index contributed by atoms with van der Waals surface area (Å²) in [6.45, 7) is 10.9. The Kier molecular flexibility index (Phi) is 8.54. The number of ketones is 1. The molecule has 0 rings (SSSR count). The van der Waals surface area contributed by atoms with Crippen LogP contribution < -0.4 is 5.32 Å². The lowest BCUT2D eigenvalue weighted by Crippen LogP contribution is -2.48. The number of Topliss-reactive ketones (excluding diaryl/α,β-unsaturated/α-hetero) is 1. The fraction of sp³-hybridized carbons (Fsp3) is 0.929. The van der Waals surface area contributed by atoms with Crippen molar-refractivity contribution < 1.29 is 14.9 Å². The predicted molar refractivity (Wildman–Crippen MR) is 80.4 cm³/mol. The number of carbonyl (C=O) groups is 1. The average Bonchev–Trinajstić information content (AvgIpc) is 2.23. The molecule has 0 aliphatic carbocycles. The maximum Gasteiger partial charge on any atom is 0.289 e. The Morgan fingerprint density at radius 3 is 2.05 bits per heavy atom. The highest BCUT2D eigenvalue weighted by molar-refractivity contribution is 6.50. The molecular formula is C14H30BNO3. The van der Waals surface area contributed by atoms with E-state index in [1.165, 1.54) is 0 Å². The first kappa shape index (κ1) is 18.6. The molecule has 0 unspecified atom stereocenters. The van der Waals surface area contributed by atoms with Crippen LogP contribution in [-0.2, 0) is 4.79 Å². The molecule has 0 saturated heterocycles. The number of aliphatic hydroxyl groups excluding tert-OH is 1. The van der Waals surface area contributed by atoms with Crippen molar-refractivity contribution in [3.05, 3.63) is 0 Å². The van der Waals surface area contributed by atoms with Gasteiger partial charge in [0.05, 0.1) is 12.1 Å². The minimum atomic E-state index is -0.719. The van der Waals surface area contributed by atoms with E-state index in [0.29, 0.717) is 12.3 Å². The van der Waals surface area contributed by atoms with E-state index in [4.69, 9.17) is 0 Å². The van der Waals surface area contributed by atoms with Crippen molar-refractivity contribution in [1.29, 1.82) is 0 Å². The fourth-order valence-corrected chi connectivity index (χ4v) is 2.30. The van der Waals surface area contributed by atoms with Gasteiger partial charge in [0.15, 0.2) is 5.78 Å². The highest BCUT2D eigenvalue weighted by Gasteiger charge is 2.29. The molecular weight excluding hydrogens is 241 g/mol. The van der Waals surface area contributed by atoms with Crippen LogP contribution in [0.15, 0.2) is 0 Å². The molecule has 5 heteroatoms. The molecule has 0 aliphatic rings. The van der Waals surface area contributed by atoms with Crippen molar-refractivity contribution in [3.8, 4) is 0 Å². The third kappa shape index (κ3) is 7.70. The molecule has 4 nitrogen and oxygen atoms in total. The van der Waals surface area contributed by atoms with Crippen LogP contribution in [0.3, 0.4) is 0 Å². The number of rotatable bonds is 9. The van der Waals surface area contributed by atoms with Crippen molar-refractivity contribution in [2.75, 3.05) is 0 Å². The summed E-state index contributed by atoms with van der Waals surface area (Å²) in [6, 6.07) is -0.410. The topological polar surface area (TPSA) is 69.6 Å². The molecule has 0 heterocycles. The summed E-state index contributed by atoms with van der Waals surface area (Å²) < 4.78 is 0. The summed E-state index contributed by atoms with van der Waals surface area (Å²) in [7, 11) is 0. The molecule has 0 saturated carbocycles. The number of hydrogen-bond donors (Lipinski definition) is 3. The lowest BCUT2D eigenvalue weighted by atomic mass is 9.54. The largest absolute Gasteiger partial charge is 0.450 e. The van der Waals surface area contributed by atoms with Gasteiger partial charge in [0.1, 0.15) is 0 Å². The third-order valence-corrected chi connectivity index (χ3v) is 3.26. The van der Waals surface area contributed by atoms with Crippen LogP contribution in [0.2, 0.25) is 12.6 Å². The molecule has 0 aliphatic heterocycles. The van der Waals surface area contributed by atoms with E-state index in [-0.39, 0.29) is 17.6 Å². The highest BCUT2D eigenvalue weighted by Crippen LogP contribution is 2.25. The van der Waals surface area contributed by atoms with Crippen LogP contribution in [-0.4, -0.2) is 41.0 Å². The smallest absolute Gasteiger partial charge is 0.289 e. The van der Waals surface area contributed by atoms with E-state index < -0.39 is 19.1 Å². The molecule has 0 aromatic heterocycles. The summed E-state index contributed by atoms with van der Waals surface area (Å²) in [5.41, 5.74) is 0. The number of hydrogen-bond acceptors (Lipinski definition) is 4. The Morgan fingerprint density at radius 1 is 1.21 bits per heavy atom. The summed E-state index contributed by atoms with van der Waals surface area (Å²) in [6.07, 6.45) is 0.409. The second-order valence-electron chi connectivity index (χ2n) is 6.34. The molecule has 0 spiro atoms. The maximum atomic E-state index is 12.3. The molecule has 0 aromatic carbocycles. The second-order valence-corrected chi connectivity index (χ2v) is 6.34. The molecule has 0 radical (unpaired) electrons. The van der Waals surface area contributed by atoms with E-state index in [1.54, 1.807) is 13.7 Å². The zero-order valence-electron chi connectivity index (χ0n) is 13.2. The third-order valence-electron chi connectivity index (χ3n) is 3.26. The molecule has 0 fully saturated rings. The van der Waals surface area contributed by atoms with Crippen LogP contribution in [0.25, 0.3) is 0 Å². The lowest BCUT2D eigenvalue weighted by molar-refractivity contribution is -0.123. The SMILES string of the molecule is CB(O)[C@@H](CC(=O)[C@@H](NC(C)C)[C@@H](C)O)CC(C)C. The molecule has 19 heavy (non-hydrogen) atoms. The first-order valence-electron chi connectivity index (χ1n) is 7.30. The number of carbonyl (C=O) groups excluding carboxylic acids is 1. The quantitative estimate of drug-likeness (QED) is 0.558. The van der Waals surface area contributed by atoms with Crippen molar-refractivity contribution in [2.24, 2.45) is 5.92 Å². The molecule has 0 bridgehead atoms. The van der Waals surface area contributed by atoms with E-state index in [0.717, 1.165) is 6.42 Å². The Morgan fingerprint density at radius 2 is 1.74 bits per heavy atom. The molecule has 0 aromatic rings. The van der Waals surface area contributed by atoms with Gasteiger partial charge < -0.3 is 15.4 Å². The van der Waals surface area contributed by atoms with Gasteiger partial charge in [0, 0.05) is 12.5 Å². The second kappa shape index (κ2) is 8.72. The van der Waals surface area contributed by atoms with Crippen LogP contribution >= 0.6 is 0 Å². The van der Waals surface area contributed by atoms with Gasteiger partial charge in [-0.1, -0.05) is 40.9 Å². The van der Waals surface area contributed by atoms with Gasteiger partial charge in [-0.25, -0.2) is 0 Å². The Hall–Kier alpha value is -0.385. The first-order chi connectivity index (χ1) is 8.65. The first-order valence-corrected chi connectivity index (χ1v) is 7.30. The average molecular weight is 271 g/mol. The Labute approximate surface area is 118 Å². The Balaban J connectivity index is 4.66. The zero-order valence-corrected chi connectivity index (χ0v) is 13.2. The van der Waals surface area contributed by atoms with Crippen LogP contribution in [0.4, 0.5) is 0 Å². The van der Waals surface area contributed by atoms with Gasteiger partial charge in [-0.05, 0) is 18.7 Å². The summed E-state index contributed by atoms with van der Waals surface area (Å²) >= 11 is 0. The van der Waals surface area contributed by atoms with Crippen LogP contribution in [0.5, 0.6) is 0 Å². The Bertz CT molecular complexity index is 267. The standard InChI is InChI=1S/C14H30BNO3/c1-9(2)7-12(15(6)19)8-13(18)14(11(5)17)16-10(3)4/h9-12,14,16-17,19H,7-8H2,1-6H3/t11-,12-,14+/m1/s1. The number of nitrogens with one attached hydrogen (secondary N) is 1. The minimum absolute atomic E-state index is 0.0183. The van der Waals surface area contributed by atoms with Gasteiger partial charge in [-0.2, -0.15) is 0 Å². The van der Waals surface area contributed by atoms with E-state index in [2.05, 4.69) is 19.2 Å². The highest BCUT2D eigenvalue weighted by atomic mass is 16.3. The molecule has 3 atom stereocenters. The van der Waals surface area contributed by atoms with Crippen molar-refractivity contribution in [1.82, 2.24) is 5.32 Å². The molecule has 0 amide bonds. The minimum Gasteiger partial charge on any atom is -0.450 e. The van der Waals surface area contributed by atoms with Crippen molar-refractivity contribution in [2.45, 2.75) is 78.3 Å². The normalized spacial score (nSPS) is 16.5. The summed E-state index contributed by atoms with van der Waals surface area (Å²) in [5, 5.41) is 22.6. The summed E-state index contributed by atoms with van der Waals surface area (Å²) in [4.78, 5) is 12.3. The van der Waals surface area contributed by atoms with Gasteiger partial charge >= 0.3 is 0 Å². The van der Waals surface area contributed by atoms with Gasteiger partial charge in [0.25, 0.3) is 6.92 Å². The fourth-order valence-electron chi connectivity index (χ4n) is 2.30. The molecule has 3 N–H and O–H groups in total. The maximum absolute atomic E-state index is 12.3. The van der Waals surface area contributed by atoms with E-state index in [9.17, 15) is 14.9 Å². The van der Waals surface area contributed by atoms with E-state index in [1.807, 2.05) is 13.8 Å². The summed E-state index contributed by atoms with van der Waals surface area (Å²) in [5.74, 6) is 0.383. The van der Waals surface area contributed by atoms with Gasteiger partial charge in [0.2, 0.25) is 0 Å². The zero-order chi connectivity index (χ0) is 15.2. The van der Waals surface area contributed by atoms with E-state index >= 15 is 0 Å². The van der Waals surface area contributed by atoms with Crippen molar-refractivity contribution >= 4 is 12.7 Å². The van der Waals surface area contributed by atoms with Crippen LogP contribution in [0, 0.1) is 5.92 Å². The van der Waals surface area contributed by atoms with Crippen LogP contribution in [0.1, 0.15) is 47.5 Å². The number of aliphatic hydroxyl groups is 1. The van der Waals surface area contributed by atoms with Gasteiger partial charge in [-0.3, -0.25) is 4.79 Å². The molecule has 112 valence electrons. The lowest BCUT2D eigenvalue weighted by Gasteiger charge is -2.26. The predicted octanol–water partition coefficient (Wildman–Crippen LogP) is 1.72. The monoisotopic (exact) mass is 271 g/mol. The van der Waals surface area contributed by atoms with Crippen molar-refractivity contribution in [3.63, 3.8) is 0 Å².